The molecule has 0 atom stereocenters. The summed E-state index contributed by atoms with van der Waals surface area (Å²) in [6, 6.07) is 8.62. The van der Waals surface area contributed by atoms with Gasteiger partial charge in [-0.25, -0.2) is 8.78 Å². The molecular formula is C13H6F5O. The summed E-state index contributed by atoms with van der Waals surface area (Å²) in [6.45, 7) is 0. The van der Waals surface area contributed by atoms with Crippen LogP contribution in [-0.2, 0) is 0 Å². The zero-order chi connectivity index (χ0) is 14.0. The van der Waals surface area contributed by atoms with E-state index in [0.29, 0.717) is 0 Å². The first kappa shape index (κ1) is 13.3. The number of alkyl halides is 3. The molecule has 0 aromatic heterocycles. The van der Waals surface area contributed by atoms with Crippen molar-refractivity contribution in [1.82, 2.24) is 0 Å². The Hall–Kier alpha value is -2.11. The summed E-state index contributed by atoms with van der Waals surface area (Å²) >= 11 is 0. The standard InChI is InChI=1S/C13H6F5O/c14-9-5-3-6-10(15)12(9)8-4-1-2-7-11(8)19-13(16,17)18/h1-2,4-7H. The summed E-state index contributed by atoms with van der Waals surface area (Å²) in [5, 5.41) is 0. The molecule has 0 N–H and O–H groups in total. The van der Waals surface area contributed by atoms with Gasteiger partial charge >= 0.3 is 6.36 Å². The van der Waals surface area contributed by atoms with Crippen molar-refractivity contribution in [2.24, 2.45) is 0 Å². The summed E-state index contributed by atoms with van der Waals surface area (Å²) in [6.07, 6.45) is -4.94. The molecule has 0 aliphatic rings. The third kappa shape index (κ3) is 3.01. The van der Waals surface area contributed by atoms with Gasteiger partial charge in [0.15, 0.2) is 0 Å². The van der Waals surface area contributed by atoms with Crippen molar-refractivity contribution in [3.05, 3.63) is 54.1 Å². The number of hydrogen-bond donors (Lipinski definition) is 0. The normalized spacial score (nSPS) is 11.4. The third-order valence-corrected chi connectivity index (χ3v) is 2.28. The van der Waals surface area contributed by atoms with Crippen molar-refractivity contribution in [2.75, 3.05) is 0 Å². The van der Waals surface area contributed by atoms with Gasteiger partial charge in [0.25, 0.3) is 0 Å². The van der Waals surface area contributed by atoms with Crippen LogP contribution in [0.5, 0.6) is 5.75 Å². The van der Waals surface area contributed by atoms with Crippen molar-refractivity contribution in [3.8, 4) is 16.9 Å². The molecular weight excluding hydrogens is 267 g/mol. The highest BCUT2D eigenvalue weighted by Crippen LogP contribution is 2.36. The van der Waals surface area contributed by atoms with Crippen molar-refractivity contribution in [1.29, 1.82) is 0 Å². The molecule has 0 saturated carbocycles. The molecule has 0 heterocycles. The fourth-order valence-corrected chi connectivity index (χ4v) is 1.59. The molecule has 1 nitrogen and oxygen atoms in total. The second kappa shape index (κ2) is 4.87. The average Bonchev–Trinajstić information content (AvgIpc) is 2.29. The summed E-state index contributed by atoms with van der Waals surface area (Å²) in [4.78, 5) is 0. The fourth-order valence-electron chi connectivity index (χ4n) is 1.59. The average molecular weight is 273 g/mol. The lowest BCUT2D eigenvalue weighted by atomic mass is 10.0. The minimum Gasteiger partial charge on any atom is -0.405 e. The first-order valence-corrected chi connectivity index (χ1v) is 5.09. The lowest BCUT2D eigenvalue weighted by Crippen LogP contribution is -2.17. The topological polar surface area (TPSA) is 9.23 Å². The van der Waals surface area contributed by atoms with Gasteiger partial charge in [0.2, 0.25) is 0 Å². The maximum absolute atomic E-state index is 13.5. The van der Waals surface area contributed by atoms with Crippen molar-refractivity contribution < 1.29 is 26.7 Å². The number of hydrogen-bond acceptors (Lipinski definition) is 1. The van der Waals surface area contributed by atoms with Gasteiger partial charge in [-0.15, -0.1) is 13.2 Å². The summed E-state index contributed by atoms with van der Waals surface area (Å²) in [7, 11) is 0. The van der Waals surface area contributed by atoms with Gasteiger partial charge in [0, 0.05) is 5.56 Å². The Morgan fingerprint density at radius 3 is 2.11 bits per heavy atom. The molecule has 0 amide bonds. The minimum atomic E-state index is -4.94. The highest BCUT2D eigenvalue weighted by Gasteiger charge is 2.32. The Labute approximate surface area is 105 Å². The number of halogens is 5. The fraction of sp³-hybridized carbons (Fsp3) is 0.0769. The maximum Gasteiger partial charge on any atom is 0.573 e. The number of benzene rings is 2. The molecule has 0 spiro atoms. The molecule has 2 rings (SSSR count). The number of rotatable bonds is 2. The summed E-state index contributed by atoms with van der Waals surface area (Å²) in [5.74, 6) is -2.70. The van der Waals surface area contributed by atoms with Crippen LogP contribution in [0.2, 0.25) is 0 Å². The van der Waals surface area contributed by atoms with Crippen LogP contribution in [0, 0.1) is 17.7 Å². The molecule has 0 saturated heterocycles. The van der Waals surface area contributed by atoms with E-state index in [0.717, 1.165) is 24.3 Å². The van der Waals surface area contributed by atoms with E-state index in [1.807, 2.05) is 0 Å². The smallest absolute Gasteiger partial charge is 0.405 e. The third-order valence-electron chi connectivity index (χ3n) is 2.28. The Kier molecular flexibility index (Phi) is 3.42. The summed E-state index contributed by atoms with van der Waals surface area (Å²) < 4.78 is 67.5. The lowest BCUT2D eigenvalue weighted by Gasteiger charge is -2.14. The van der Waals surface area contributed by atoms with Crippen LogP contribution < -0.4 is 4.74 Å². The maximum atomic E-state index is 13.5. The molecule has 99 valence electrons. The van der Waals surface area contributed by atoms with Crippen LogP contribution in [0.4, 0.5) is 22.0 Å². The highest BCUT2D eigenvalue weighted by atomic mass is 19.4. The van der Waals surface area contributed by atoms with E-state index in [9.17, 15) is 22.0 Å². The minimum absolute atomic E-state index is 0.316. The van der Waals surface area contributed by atoms with Gasteiger partial charge in [0.05, 0.1) is 5.56 Å². The first-order chi connectivity index (χ1) is 8.88. The van der Waals surface area contributed by atoms with E-state index in [1.165, 1.54) is 12.1 Å². The largest absolute Gasteiger partial charge is 0.573 e. The number of ether oxygens (including phenoxy) is 1. The van der Waals surface area contributed by atoms with Crippen LogP contribution in [0.3, 0.4) is 0 Å². The Morgan fingerprint density at radius 1 is 0.947 bits per heavy atom. The quantitative estimate of drug-likeness (QED) is 0.740. The number of para-hydroxylation sites is 1. The molecule has 0 bridgehead atoms. The zero-order valence-electron chi connectivity index (χ0n) is 9.26. The van der Waals surface area contributed by atoms with Crippen LogP contribution >= 0.6 is 0 Å². The van der Waals surface area contributed by atoms with Gasteiger partial charge < -0.3 is 4.74 Å². The molecule has 0 aliphatic heterocycles. The molecule has 19 heavy (non-hydrogen) atoms. The van der Waals surface area contributed by atoms with E-state index in [-0.39, 0.29) is 5.56 Å². The predicted molar refractivity (Wildman–Crippen MR) is 57.3 cm³/mol. The molecule has 0 aliphatic carbocycles. The van der Waals surface area contributed by atoms with Crippen molar-refractivity contribution in [3.63, 3.8) is 0 Å². The van der Waals surface area contributed by atoms with Gasteiger partial charge in [-0.1, -0.05) is 18.2 Å². The molecule has 0 unspecified atom stereocenters. The Morgan fingerprint density at radius 2 is 1.53 bits per heavy atom. The van der Waals surface area contributed by atoms with E-state index >= 15 is 0 Å². The lowest BCUT2D eigenvalue weighted by molar-refractivity contribution is -0.274. The molecule has 6 heteroatoms. The highest BCUT2D eigenvalue weighted by molar-refractivity contribution is 5.71. The Balaban J connectivity index is 2.57. The van der Waals surface area contributed by atoms with Crippen molar-refractivity contribution >= 4 is 0 Å². The van der Waals surface area contributed by atoms with Gasteiger partial charge in [-0.2, -0.15) is 0 Å². The molecule has 2 aromatic rings. The van der Waals surface area contributed by atoms with Crippen molar-refractivity contribution in [2.45, 2.75) is 6.36 Å². The van der Waals surface area contributed by atoms with Gasteiger partial charge in [-0.05, 0) is 24.3 Å². The second-order valence-electron chi connectivity index (χ2n) is 3.57. The van der Waals surface area contributed by atoms with Crippen LogP contribution in [0.1, 0.15) is 0 Å². The van der Waals surface area contributed by atoms with E-state index in [4.69, 9.17) is 0 Å². The van der Waals surface area contributed by atoms with Gasteiger partial charge in [-0.3, -0.25) is 0 Å². The monoisotopic (exact) mass is 273 g/mol. The second-order valence-corrected chi connectivity index (χ2v) is 3.57. The Bertz CT molecular complexity index is 572. The van der Waals surface area contributed by atoms with Gasteiger partial charge in [0.1, 0.15) is 17.4 Å². The molecule has 0 fully saturated rings. The predicted octanol–water partition coefficient (Wildman–Crippen LogP) is 4.33. The van der Waals surface area contributed by atoms with E-state index in [2.05, 4.69) is 10.8 Å². The molecule has 2 aromatic carbocycles. The SMILES string of the molecule is Fc1c[c]cc(F)c1-c1ccccc1OC(F)(F)F. The van der Waals surface area contributed by atoms with Crippen LogP contribution in [0.25, 0.3) is 11.1 Å². The summed E-state index contributed by atoms with van der Waals surface area (Å²) in [5.41, 5.74) is -0.901. The van der Waals surface area contributed by atoms with E-state index in [1.54, 1.807) is 0 Å². The van der Waals surface area contributed by atoms with Crippen LogP contribution in [0.15, 0.2) is 36.4 Å². The first-order valence-electron chi connectivity index (χ1n) is 5.09. The zero-order valence-corrected chi connectivity index (χ0v) is 9.26. The van der Waals surface area contributed by atoms with Crippen LogP contribution in [-0.4, -0.2) is 6.36 Å². The van der Waals surface area contributed by atoms with E-state index < -0.39 is 29.3 Å². The molecule has 1 radical (unpaired) electrons.